The standard InChI is InChI=1S/C24H19F8N7O2/c1-9(36-14-7-35-38-22(40)16(14)24(30,31)32)4-11(25)8-39-3-2-10-5-12(17(26)18(27)15(10)23(39)41)21-34-6-13(19(28)29)20(33)37-21/h2-3,5-7,9,11,19H,4,8H2,1H3,(H2,33,34,37)(H2,36,38,40)/t9-,11-/m1/s1. The molecule has 0 aliphatic rings. The first-order chi connectivity index (χ1) is 19.2. The smallest absolute Gasteiger partial charge is 0.383 e. The van der Waals surface area contributed by atoms with Crippen LogP contribution in [0.2, 0.25) is 0 Å². The Morgan fingerprint density at radius 3 is 2.46 bits per heavy atom. The minimum Gasteiger partial charge on any atom is -0.383 e. The van der Waals surface area contributed by atoms with Crippen LogP contribution in [0.3, 0.4) is 0 Å². The van der Waals surface area contributed by atoms with E-state index in [4.69, 9.17) is 5.73 Å². The first-order valence-corrected chi connectivity index (χ1v) is 11.7. The number of hydrogen-bond acceptors (Lipinski definition) is 7. The van der Waals surface area contributed by atoms with E-state index in [1.807, 2.05) is 0 Å². The van der Waals surface area contributed by atoms with Crippen molar-refractivity contribution in [1.82, 2.24) is 24.7 Å². The number of H-pyrrole nitrogens is 1. The number of rotatable bonds is 8. The van der Waals surface area contributed by atoms with Crippen molar-refractivity contribution in [2.45, 2.75) is 44.7 Å². The first-order valence-electron chi connectivity index (χ1n) is 11.7. The zero-order chi connectivity index (χ0) is 30.2. The van der Waals surface area contributed by atoms with Gasteiger partial charge >= 0.3 is 6.18 Å². The van der Waals surface area contributed by atoms with E-state index in [2.05, 4.69) is 20.4 Å². The molecule has 0 unspecified atom stereocenters. The zero-order valence-electron chi connectivity index (χ0n) is 20.7. The summed E-state index contributed by atoms with van der Waals surface area (Å²) in [5, 5.41) is 6.47. The predicted molar refractivity (Wildman–Crippen MR) is 131 cm³/mol. The fourth-order valence-corrected chi connectivity index (χ4v) is 4.17. The molecule has 0 aliphatic carbocycles. The second-order valence-corrected chi connectivity index (χ2v) is 8.99. The molecule has 17 heteroatoms. The van der Waals surface area contributed by atoms with Crippen LogP contribution in [0.5, 0.6) is 0 Å². The maximum absolute atomic E-state index is 15.0. The molecule has 4 N–H and O–H groups in total. The molecule has 0 bridgehead atoms. The van der Waals surface area contributed by atoms with Gasteiger partial charge in [-0.15, -0.1) is 0 Å². The van der Waals surface area contributed by atoms with Crippen LogP contribution in [0.25, 0.3) is 22.2 Å². The highest BCUT2D eigenvalue weighted by Gasteiger charge is 2.37. The monoisotopic (exact) mass is 589 g/mol. The number of nitrogens with zero attached hydrogens (tertiary/aromatic N) is 4. The molecular formula is C24H19F8N7O2. The van der Waals surface area contributed by atoms with E-state index < -0.39 is 99.9 Å². The minimum atomic E-state index is -5.01. The number of alkyl halides is 6. The second kappa shape index (κ2) is 11.1. The molecule has 2 atom stereocenters. The van der Waals surface area contributed by atoms with Gasteiger partial charge in [0.15, 0.2) is 17.5 Å². The Labute approximate surface area is 224 Å². The summed E-state index contributed by atoms with van der Waals surface area (Å²) in [5.74, 6) is -4.35. The highest BCUT2D eigenvalue weighted by atomic mass is 19.4. The van der Waals surface area contributed by atoms with Gasteiger partial charge in [-0.1, -0.05) is 0 Å². The van der Waals surface area contributed by atoms with Crippen molar-refractivity contribution in [3.8, 4) is 11.4 Å². The largest absolute Gasteiger partial charge is 0.423 e. The summed E-state index contributed by atoms with van der Waals surface area (Å²) >= 11 is 0. The number of fused-ring (bicyclic) bond motifs is 1. The number of hydrogen-bond donors (Lipinski definition) is 3. The molecule has 0 amide bonds. The number of halogens is 8. The Kier molecular flexibility index (Phi) is 7.98. The SMILES string of the molecule is C[C@H](C[C@@H](F)Cn1ccc2cc(-c3ncc(C(F)F)c(N)n3)c(F)c(F)c2c1=O)Nc1cn[nH]c(=O)c1C(F)(F)F. The highest BCUT2D eigenvalue weighted by molar-refractivity contribution is 5.86. The normalized spacial score (nSPS) is 13.5. The lowest BCUT2D eigenvalue weighted by atomic mass is 10.1. The molecule has 1 aromatic carbocycles. The lowest BCUT2D eigenvalue weighted by molar-refractivity contribution is -0.138. The van der Waals surface area contributed by atoms with Crippen LogP contribution in [0.4, 0.5) is 46.6 Å². The van der Waals surface area contributed by atoms with Crippen molar-refractivity contribution < 1.29 is 35.1 Å². The first kappa shape index (κ1) is 29.4. The van der Waals surface area contributed by atoms with Crippen LogP contribution >= 0.6 is 0 Å². The number of nitrogens with two attached hydrogens (primary N) is 1. The molecule has 3 aromatic heterocycles. The lowest BCUT2D eigenvalue weighted by Crippen LogP contribution is -2.30. The van der Waals surface area contributed by atoms with E-state index in [9.17, 15) is 40.3 Å². The van der Waals surface area contributed by atoms with Gasteiger partial charge in [0.05, 0.1) is 34.9 Å². The molecule has 4 rings (SSSR count). The van der Waals surface area contributed by atoms with Crippen molar-refractivity contribution in [3.05, 3.63) is 74.2 Å². The maximum Gasteiger partial charge on any atom is 0.423 e. The van der Waals surface area contributed by atoms with Gasteiger partial charge in [-0.2, -0.15) is 18.3 Å². The van der Waals surface area contributed by atoms with Gasteiger partial charge in [0, 0.05) is 24.9 Å². The Bertz CT molecular complexity index is 1720. The minimum absolute atomic E-state index is 0.132. The summed E-state index contributed by atoms with van der Waals surface area (Å²) in [7, 11) is 0. The van der Waals surface area contributed by atoms with Gasteiger partial charge in [-0.3, -0.25) is 9.59 Å². The molecule has 4 aromatic rings. The van der Waals surface area contributed by atoms with E-state index in [0.29, 0.717) is 6.20 Å². The fraction of sp³-hybridized carbons (Fsp3) is 0.292. The van der Waals surface area contributed by atoms with Crippen molar-refractivity contribution in [2.24, 2.45) is 0 Å². The molecule has 0 spiro atoms. The summed E-state index contributed by atoms with van der Waals surface area (Å²) in [6.07, 6.45) is -7.84. The van der Waals surface area contributed by atoms with Crippen molar-refractivity contribution in [3.63, 3.8) is 0 Å². The summed E-state index contributed by atoms with van der Waals surface area (Å²) in [4.78, 5) is 31.7. The number of aromatic nitrogens is 5. The predicted octanol–water partition coefficient (Wildman–Crippen LogP) is 4.59. The highest BCUT2D eigenvalue weighted by Crippen LogP contribution is 2.32. The molecule has 0 saturated heterocycles. The fourth-order valence-electron chi connectivity index (χ4n) is 4.17. The van der Waals surface area contributed by atoms with Crippen LogP contribution in [0.15, 0.2) is 40.3 Å². The average Bonchev–Trinajstić information content (AvgIpc) is 2.86. The van der Waals surface area contributed by atoms with Gasteiger partial charge in [0.2, 0.25) is 0 Å². The van der Waals surface area contributed by atoms with Gasteiger partial charge in [0.1, 0.15) is 17.6 Å². The van der Waals surface area contributed by atoms with Gasteiger partial charge in [-0.25, -0.2) is 37.0 Å². The summed E-state index contributed by atoms with van der Waals surface area (Å²) < 4.78 is 111. The molecule has 9 nitrogen and oxygen atoms in total. The van der Waals surface area contributed by atoms with Crippen LogP contribution < -0.4 is 22.2 Å². The quantitative estimate of drug-likeness (QED) is 0.256. The van der Waals surface area contributed by atoms with E-state index in [1.54, 1.807) is 5.10 Å². The van der Waals surface area contributed by atoms with Crippen molar-refractivity contribution in [1.29, 1.82) is 0 Å². The molecule has 0 saturated carbocycles. The third-order valence-electron chi connectivity index (χ3n) is 6.02. The van der Waals surface area contributed by atoms with E-state index in [1.165, 1.54) is 13.0 Å². The van der Waals surface area contributed by atoms with E-state index >= 15 is 4.39 Å². The Morgan fingerprint density at radius 1 is 1.12 bits per heavy atom. The summed E-state index contributed by atoms with van der Waals surface area (Å²) in [6.45, 7) is 0.661. The number of nitrogen functional groups attached to an aromatic ring is 1. The van der Waals surface area contributed by atoms with Crippen LogP contribution in [-0.4, -0.2) is 36.9 Å². The number of nitrogens with one attached hydrogen (secondary N) is 2. The second-order valence-electron chi connectivity index (χ2n) is 8.99. The summed E-state index contributed by atoms with van der Waals surface area (Å²) in [5.41, 5.74) is -0.642. The van der Waals surface area contributed by atoms with E-state index in [-0.39, 0.29) is 5.39 Å². The molecular weight excluding hydrogens is 570 g/mol. The number of benzene rings is 1. The van der Waals surface area contributed by atoms with Crippen LogP contribution in [0.1, 0.15) is 30.9 Å². The van der Waals surface area contributed by atoms with Crippen molar-refractivity contribution in [2.75, 3.05) is 11.1 Å². The van der Waals surface area contributed by atoms with Gasteiger partial charge in [0.25, 0.3) is 17.5 Å². The Morgan fingerprint density at radius 2 is 1.83 bits per heavy atom. The topological polar surface area (TPSA) is 132 Å². The molecule has 0 fully saturated rings. The Balaban J connectivity index is 1.57. The van der Waals surface area contributed by atoms with Crippen LogP contribution in [0, 0.1) is 11.6 Å². The molecule has 41 heavy (non-hydrogen) atoms. The molecule has 3 heterocycles. The molecule has 0 radical (unpaired) electrons. The third-order valence-corrected chi connectivity index (χ3v) is 6.02. The third kappa shape index (κ3) is 5.97. The average molecular weight is 589 g/mol. The molecule has 218 valence electrons. The summed E-state index contributed by atoms with van der Waals surface area (Å²) in [6, 6.07) is 1.20. The maximum atomic E-state index is 15.0. The lowest BCUT2D eigenvalue weighted by Gasteiger charge is -2.20. The Hall–Kier alpha value is -4.57. The number of anilines is 2. The van der Waals surface area contributed by atoms with E-state index in [0.717, 1.165) is 23.0 Å². The zero-order valence-corrected chi connectivity index (χ0v) is 20.7. The number of aromatic amines is 1. The van der Waals surface area contributed by atoms with Gasteiger partial charge in [-0.05, 0) is 24.4 Å². The van der Waals surface area contributed by atoms with Gasteiger partial charge < -0.3 is 15.6 Å². The van der Waals surface area contributed by atoms with Crippen molar-refractivity contribution >= 4 is 22.3 Å². The molecule has 0 aliphatic heterocycles. The number of pyridine rings is 1. The van der Waals surface area contributed by atoms with Crippen LogP contribution in [-0.2, 0) is 12.7 Å².